The minimum atomic E-state index is -0.111. The lowest BCUT2D eigenvalue weighted by Gasteiger charge is -2.32. The first-order valence-corrected chi connectivity index (χ1v) is 19.0. The molecule has 4 rings (SSSR count). The summed E-state index contributed by atoms with van der Waals surface area (Å²) in [6.45, 7) is 19.3. The van der Waals surface area contributed by atoms with Crippen molar-refractivity contribution >= 4 is 32.3 Å². The zero-order valence-corrected chi connectivity index (χ0v) is 32.2. The summed E-state index contributed by atoms with van der Waals surface area (Å²) in [7, 11) is 3.62. The van der Waals surface area contributed by atoms with Crippen molar-refractivity contribution in [2.75, 3.05) is 27.4 Å². The molecule has 0 fully saturated rings. The molecule has 0 heterocycles. The van der Waals surface area contributed by atoms with Gasteiger partial charge >= 0.3 is 0 Å². The third-order valence-corrected chi connectivity index (χ3v) is 12.3. The van der Waals surface area contributed by atoms with E-state index < -0.39 is 0 Å². The van der Waals surface area contributed by atoms with Gasteiger partial charge in [0.1, 0.15) is 0 Å². The first kappa shape index (κ1) is 38.6. The van der Waals surface area contributed by atoms with Gasteiger partial charge in [0.05, 0.1) is 35.6 Å². The van der Waals surface area contributed by atoms with Gasteiger partial charge in [-0.1, -0.05) is 76.2 Å². The Morgan fingerprint density at radius 1 is 0.458 bits per heavy atom. The highest BCUT2D eigenvalue weighted by Crippen LogP contribution is 2.39. The average molecular weight is 659 g/mol. The molecule has 0 spiro atoms. The van der Waals surface area contributed by atoms with Crippen LogP contribution in [0.3, 0.4) is 0 Å². The molecule has 48 heavy (non-hydrogen) atoms. The minimum Gasteiger partial charge on any atom is -0.378 e. The van der Waals surface area contributed by atoms with Gasteiger partial charge in [-0.2, -0.15) is 0 Å². The molecule has 0 aromatic heterocycles. The van der Waals surface area contributed by atoms with Crippen molar-refractivity contribution in [3.63, 3.8) is 0 Å². The maximum absolute atomic E-state index is 6.52. The number of methoxy groups -OCH3 is 2. The molecule has 266 valence electrons. The number of hydrogen-bond donors (Lipinski definition) is 0. The molecule has 0 radical (unpaired) electrons. The molecule has 0 saturated carbocycles. The van der Waals surface area contributed by atoms with Gasteiger partial charge in [0.2, 0.25) is 0 Å². The van der Waals surface area contributed by atoms with Gasteiger partial charge in [-0.05, 0) is 148 Å². The molecule has 0 amide bonds. The summed E-state index contributed by atoms with van der Waals surface area (Å²) in [5.74, 6) is 0. The number of benzene rings is 4. The van der Waals surface area contributed by atoms with Crippen LogP contribution in [0.4, 0.5) is 0 Å². The third kappa shape index (κ3) is 9.10. The van der Waals surface area contributed by atoms with E-state index in [-0.39, 0.29) is 22.4 Å². The topological polar surface area (TPSA) is 36.9 Å². The summed E-state index contributed by atoms with van der Waals surface area (Å²) in [4.78, 5) is 0. The number of hydrogen-bond acceptors (Lipinski definition) is 4. The second kappa shape index (κ2) is 16.6. The van der Waals surface area contributed by atoms with Crippen LogP contribution >= 0.6 is 0 Å². The Morgan fingerprint density at radius 3 is 1.15 bits per heavy atom. The van der Waals surface area contributed by atoms with Crippen molar-refractivity contribution in [2.45, 2.75) is 155 Å². The standard InChI is InChI=1S/C44H66O4/c1-11-41(5,45-9)29-31-47-43(7,13-3)27-15-17-33-19-21-35-24-26-38-34(20-22-36-23-25-37(33)39(35)40(36)38)18-16-28-44(8,14-4)48-32-30-42(6,12-2)46-10/h19-26H,11-18,27-32H2,1-10H3. The van der Waals surface area contributed by atoms with Crippen LogP contribution < -0.4 is 0 Å². The van der Waals surface area contributed by atoms with Gasteiger partial charge < -0.3 is 18.9 Å². The fraction of sp³-hybridized carbons (Fsp3) is 0.636. The first-order valence-electron chi connectivity index (χ1n) is 19.0. The molecule has 0 aliphatic heterocycles. The van der Waals surface area contributed by atoms with E-state index in [2.05, 4.69) is 104 Å². The second-order valence-electron chi connectivity index (χ2n) is 15.4. The van der Waals surface area contributed by atoms with Crippen molar-refractivity contribution in [1.29, 1.82) is 0 Å². The molecule has 4 nitrogen and oxygen atoms in total. The lowest BCUT2D eigenvalue weighted by molar-refractivity contribution is -0.0788. The Bertz CT molecular complexity index is 1450. The maximum atomic E-state index is 6.52. The fourth-order valence-corrected chi connectivity index (χ4v) is 7.24. The quantitative estimate of drug-likeness (QED) is 0.0788. The van der Waals surface area contributed by atoms with Crippen molar-refractivity contribution in [3.05, 3.63) is 59.7 Å². The van der Waals surface area contributed by atoms with Gasteiger partial charge in [0.15, 0.2) is 0 Å². The summed E-state index contributed by atoms with van der Waals surface area (Å²) in [5, 5.41) is 8.34. The molecule has 4 aromatic carbocycles. The van der Waals surface area contributed by atoms with Crippen LogP contribution in [-0.2, 0) is 31.8 Å². The Morgan fingerprint density at radius 2 is 0.812 bits per heavy atom. The first-order chi connectivity index (χ1) is 22.9. The van der Waals surface area contributed by atoms with E-state index in [4.69, 9.17) is 18.9 Å². The molecule has 0 aliphatic rings. The normalized spacial score (nSPS) is 17.5. The number of ether oxygens (including phenoxy) is 4. The van der Waals surface area contributed by atoms with E-state index >= 15 is 0 Å². The lowest BCUT2D eigenvalue weighted by atomic mass is 9.87. The Balaban J connectivity index is 1.46. The second-order valence-corrected chi connectivity index (χ2v) is 15.4. The number of aryl methyl sites for hydroxylation is 2. The largest absolute Gasteiger partial charge is 0.378 e. The van der Waals surface area contributed by atoms with E-state index in [1.165, 1.54) is 43.4 Å². The van der Waals surface area contributed by atoms with E-state index in [1.807, 2.05) is 14.2 Å². The molecule has 0 saturated heterocycles. The highest BCUT2D eigenvalue weighted by Gasteiger charge is 2.28. The predicted octanol–water partition coefficient (Wildman–Crippen LogP) is 12.0. The molecule has 0 N–H and O–H groups in total. The molecule has 4 aromatic rings. The minimum absolute atomic E-state index is 0.109. The molecule has 4 heteroatoms. The molecule has 0 aliphatic carbocycles. The highest BCUT2D eigenvalue weighted by atomic mass is 16.5. The monoisotopic (exact) mass is 658 g/mol. The van der Waals surface area contributed by atoms with Crippen LogP contribution in [0.15, 0.2) is 48.5 Å². The van der Waals surface area contributed by atoms with E-state index in [0.717, 1.165) is 90.3 Å². The Kier molecular flexibility index (Phi) is 13.4. The lowest BCUT2D eigenvalue weighted by Crippen LogP contribution is -2.33. The highest BCUT2D eigenvalue weighted by molar-refractivity contribution is 6.24. The molecule has 0 bridgehead atoms. The maximum Gasteiger partial charge on any atom is 0.0670 e. The van der Waals surface area contributed by atoms with E-state index in [1.54, 1.807) is 0 Å². The summed E-state index contributed by atoms with van der Waals surface area (Å²) < 4.78 is 24.5. The SMILES string of the molecule is CCC(C)(CCOC(C)(CC)CCCc1ccc2ccc3c(CCCC(C)(CC)OCCC(C)(CC)OC)ccc4ccc1c2c43)OC. The summed E-state index contributed by atoms with van der Waals surface area (Å²) in [6.07, 6.45) is 12.3. The van der Waals surface area contributed by atoms with Crippen molar-refractivity contribution in [1.82, 2.24) is 0 Å². The van der Waals surface area contributed by atoms with Crippen molar-refractivity contribution < 1.29 is 18.9 Å². The Labute approximate surface area is 292 Å². The molecular formula is C44H66O4. The van der Waals surface area contributed by atoms with Crippen molar-refractivity contribution in [3.8, 4) is 0 Å². The van der Waals surface area contributed by atoms with Crippen LogP contribution in [0.1, 0.15) is 131 Å². The van der Waals surface area contributed by atoms with Crippen LogP contribution in [0.5, 0.6) is 0 Å². The summed E-state index contributed by atoms with van der Waals surface area (Å²) in [5.41, 5.74) is 2.45. The number of rotatable bonds is 22. The molecular weight excluding hydrogens is 592 g/mol. The van der Waals surface area contributed by atoms with Gasteiger partial charge in [-0.25, -0.2) is 0 Å². The summed E-state index contributed by atoms with van der Waals surface area (Å²) in [6, 6.07) is 18.8. The summed E-state index contributed by atoms with van der Waals surface area (Å²) >= 11 is 0. The smallest absolute Gasteiger partial charge is 0.0670 e. The van der Waals surface area contributed by atoms with Crippen LogP contribution in [0.2, 0.25) is 0 Å². The average Bonchev–Trinajstić information content (AvgIpc) is 3.11. The van der Waals surface area contributed by atoms with E-state index in [9.17, 15) is 0 Å². The fourth-order valence-electron chi connectivity index (χ4n) is 7.24. The Hall–Kier alpha value is -2.24. The van der Waals surface area contributed by atoms with Crippen LogP contribution in [0, 0.1) is 0 Å². The van der Waals surface area contributed by atoms with Gasteiger partial charge in [0.25, 0.3) is 0 Å². The van der Waals surface area contributed by atoms with Crippen LogP contribution in [0.25, 0.3) is 32.3 Å². The van der Waals surface area contributed by atoms with Gasteiger partial charge in [-0.3, -0.25) is 0 Å². The third-order valence-electron chi connectivity index (χ3n) is 12.3. The van der Waals surface area contributed by atoms with Crippen molar-refractivity contribution in [2.24, 2.45) is 0 Å². The molecule has 4 atom stereocenters. The van der Waals surface area contributed by atoms with Crippen LogP contribution in [-0.4, -0.2) is 49.8 Å². The molecule has 4 unspecified atom stereocenters. The zero-order valence-electron chi connectivity index (χ0n) is 32.2. The zero-order chi connectivity index (χ0) is 35.0. The van der Waals surface area contributed by atoms with Gasteiger partial charge in [0, 0.05) is 14.2 Å². The van der Waals surface area contributed by atoms with E-state index in [0.29, 0.717) is 0 Å². The van der Waals surface area contributed by atoms with Gasteiger partial charge in [-0.15, -0.1) is 0 Å². The predicted molar refractivity (Wildman–Crippen MR) is 206 cm³/mol.